The summed E-state index contributed by atoms with van der Waals surface area (Å²) in [6.07, 6.45) is 1.67. The van der Waals surface area contributed by atoms with E-state index in [-0.39, 0.29) is 0 Å². The fraction of sp³-hybridized carbons (Fsp3) is 0.250. The van der Waals surface area contributed by atoms with E-state index in [1.54, 1.807) is 6.20 Å². The minimum absolute atomic E-state index is 0.481. The number of benzene rings is 2. The third kappa shape index (κ3) is 3.44. The molecule has 1 amide bonds. The highest BCUT2D eigenvalue weighted by molar-refractivity contribution is 5.86. The lowest BCUT2D eigenvalue weighted by Gasteiger charge is -2.39. The third-order valence-corrected chi connectivity index (χ3v) is 4.76. The van der Waals surface area contributed by atoms with Crippen molar-refractivity contribution in [2.75, 3.05) is 24.5 Å². The maximum Gasteiger partial charge on any atom is 0.404 e. The Kier molecular flexibility index (Phi) is 4.39. The Balaban J connectivity index is 1.45. The highest BCUT2D eigenvalue weighted by Crippen LogP contribution is 2.27. The first-order valence-corrected chi connectivity index (χ1v) is 8.73. The van der Waals surface area contributed by atoms with Crippen LogP contribution < -0.4 is 10.2 Å². The molecule has 1 aliphatic rings. The summed E-state index contributed by atoms with van der Waals surface area (Å²) >= 11 is 0. The van der Waals surface area contributed by atoms with Gasteiger partial charge in [-0.25, -0.2) is 14.8 Å². The van der Waals surface area contributed by atoms with Gasteiger partial charge in [-0.1, -0.05) is 36.4 Å². The first-order valence-electron chi connectivity index (χ1n) is 8.73. The van der Waals surface area contributed by atoms with E-state index in [2.05, 4.69) is 45.5 Å². The Morgan fingerprint density at radius 3 is 2.77 bits per heavy atom. The van der Waals surface area contributed by atoms with Gasteiger partial charge in [-0.15, -0.1) is 0 Å². The van der Waals surface area contributed by atoms with Crippen LogP contribution in [0.25, 0.3) is 22.0 Å². The van der Waals surface area contributed by atoms with E-state index in [0.29, 0.717) is 12.5 Å². The van der Waals surface area contributed by atoms with Crippen molar-refractivity contribution in [2.24, 2.45) is 5.92 Å². The van der Waals surface area contributed by atoms with Gasteiger partial charge in [0.1, 0.15) is 0 Å². The highest BCUT2D eigenvalue weighted by atomic mass is 16.4. The molecule has 1 saturated heterocycles. The van der Waals surface area contributed by atoms with Crippen LogP contribution in [-0.2, 0) is 0 Å². The average molecular weight is 348 g/mol. The van der Waals surface area contributed by atoms with Gasteiger partial charge in [0.25, 0.3) is 0 Å². The summed E-state index contributed by atoms with van der Waals surface area (Å²) in [5, 5.41) is 13.4. The molecule has 6 nitrogen and oxygen atoms in total. The molecule has 2 heterocycles. The maximum absolute atomic E-state index is 10.5. The standard InChI is InChI=1S/C20H20N4O2/c25-20(26)22-9-7-14-12-24(13-14)19-21-10-8-18(23-19)17-6-5-15-3-1-2-4-16(15)11-17/h1-6,8,10-11,14,22H,7,9,12-13H2,(H,25,26). The van der Waals surface area contributed by atoms with Crippen LogP contribution >= 0.6 is 0 Å². The van der Waals surface area contributed by atoms with Crippen LogP contribution in [0.1, 0.15) is 6.42 Å². The summed E-state index contributed by atoms with van der Waals surface area (Å²) in [6.45, 7) is 2.22. The summed E-state index contributed by atoms with van der Waals surface area (Å²) in [5.74, 6) is 1.22. The normalized spacial score (nSPS) is 14.2. The van der Waals surface area contributed by atoms with Gasteiger partial charge in [0, 0.05) is 31.4 Å². The van der Waals surface area contributed by atoms with Crippen LogP contribution in [-0.4, -0.2) is 40.8 Å². The van der Waals surface area contributed by atoms with E-state index in [4.69, 9.17) is 10.1 Å². The zero-order valence-corrected chi connectivity index (χ0v) is 14.3. The minimum Gasteiger partial charge on any atom is -0.465 e. The molecule has 1 aromatic heterocycles. The predicted molar refractivity (Wildman–Crippen MR) is 101 cm³/mol. The monoisotopic (exact) mass is 348 g/mol. The molecule has 26 heavy (non-hydrogen) atoms. The van der Waals surface area contributed by atoms with E-state index in [1.807, 2.05) is 18.2 Å². The molecule has 0 bridgehead atoms. The summed E-state index contributed by atoms with van der Waals surface area (Å²) in [4.78, 5) is 21.7. The second kappa shape index (κ2) is 7.00. The molecule has 2 aromatic carbocycles. The van der Waals surface area contributed by atoms with E-state index in [9.17, 15) is 4.79 Å². The molecule has 2 N–H and O–H groups in total. The molecule has 1 aliphatic heterocycles. The number of carboxylic acid groups (broad SMARTS) is 1. The second-order valence-electron chi connectivity index (χ2n) is 6.60. The summed E-state index contributed by atoms with van der Waals surface area (Å²) in [5.41, 5.74) is 1.99. The summed E-state index contributed by atoms with van der Waals surface area (Å²) in [6, 6.07) is 16.6. The van der Waals surface area contributed by atoms with Crippen molar-refractivity contribution < 1.29 is 9.90 Å². The number of rotatable bonds is 5. The molecule has 0 radical (unpaired) electrons. The number of hydrogen-bond acceptors (Lipinski definition) is 4. The van der Waals surface area contributed by atoms with Crippen LogP contribution in [0.5, 0.6) is 0 Å². The number of anilines is 1. The van der Waals surface area contributed by atoms with Gasteiger partial charge >= 0.3 is 6.09 Å². The van der Waals surface area contributed by atoms with Gasteiger partial charge in [-0.2, -0.15) is 0 Å². The van der Waals surface area contributed by atoms with E-state index in [0.717, 1.165) is 36.7 Å². The van der Waals surface area contributed by atoms with Crippen LogP contribution in [0.3, 0.4) is 0 Å². The third-order valence-electron chi connectivity index (χ3n) is 4.76. The molecule has 0 atom stereocenters. The van der Waals surface area contributed by atoms with Gasteiger partial charge in [-0.3, -0.25) is 0 Å². The SMILES string of the molecule is O=C(O)NCCC1CN(c2nccc(-c3ccc4ccccc4c3)n2)C1. The Morgan fingerprint density at radius 2 is 1.96 bits per heavy atom. The number of hydrogen-bond donors (Lipinski definition) is 2. The van der Waals surface area contributed by atoms with E-state index < -0.39 is 6.09 Å². The van der Waals surface area contributed by atoms with Crippen molar-refractivity contribution >= 4 is 22.8 Å². The molecule has 132 valence electrons. The van der Waals surface area contributed by atoms with Crippen molar-refractivity contribution in [3.8, 4) is 11.3 Å². The number of aromatic nitrogens is 2. The highest BCUT2D eigenvalue weighted by Gasteiger charge is 2.28. The van der Waals surface area contributed by atoms with Gasteiger partial charge in [0.05, 0.1) is 5.69 Å². The molecule has 3 aromatic rings. The lowest BCUT2D eigenvalue weighted by molar-refractivity contribution is 0.193. The largest absolute Gasteiger partial charge is 0.465 e. The molecule has 1 fully saturated rings. The molecule has 6 heteroatoms. The number of nitrogens with one attached hydrogen (secondary N) is 1. The van der Waals surface area contributed by atoms with Crippen LogP contribution in [0.4, 0.5) is 10.7 Å². The van der Waals surface area contributed by atoms with Gasteiger partial charge in [0.15, 0.2) is 0 Å². The number of nitrogens with zero attached hydrogens (tertiary/aromatic N) is 3. The van der Waals surface area contributed by atoms with Crippen LogP contribution in [0.2, 0.25) is 0 Å². The summed E-state index contributed by atoms with van der Waals surface area (Å²) in [7, 11) is 0. The van der Waals surface area contributed by atoms with Crippen molar-refractivity contribution in [1.29, 1.82) is 0 Å². The van der Waals surface area contributed by atoms with Crippen molar-refractivity contribution in [1.82, 2.24) is 15.3 Å². The zero-order valence-electron chi connectivity index (χ0n) is 14.3. The molecular weight excluding hydrogens is 328 g/mol. The fourth-order valence-electron chi connectivity index (χ4n) is 3.31. The fourth-order valence-corrected chi connectivity index (χ4v) is 3.31. The summed E-state index contributed by atoms with van der Waals surface area (Å²) < 4.78 is 0. The second-order valence-corrected chi connectivity index (χ2v) is 6.60. The van der Waals surface area contributed by atoms with Gasteiger partial charge < -0.3 is 15.3 Å². The molecule has 0 saturated carbocycles. The quantitative estimate of drug-likeness (QED) is 0.739. The molecular formula is C20H20N4O2. The minimum atomic E-state index is -0.965. The predicted octanol–water partition coefficient (Wildman–Crippen LogP) is 3.39. The van der Waals surface area contributed by atoms with Crippen molar-refractivity contribution in [2.45, 2.75) is 6.42 Å². The van der Waals surface area contributed by atoms with E-state index >= 15 is 0 Å². The smallest absolute Gasteiger partial charge is 0.404 e. The number of amides is 1. The van der Waals surface area contributed by atoms with E-state index in [1.165, 1.54) is 10.8 Å². The zero-order chi connectivity index (χ0) is 17.9. The molecule has 0 unspecified atom stereocenters. The topological polar surface area (TPSA) is 78.4 Å². The van der Waals surface area contributed by atoms with Gasteiger partial charge in [-0.05, 0) is 35.2 Å². The van der Waals surface area contributed by atoms with Crippen LogP contribution in [0.15, 0.2) is 54.7 Å². The maximum atomic E-state index is 10.5. The molecule has 0 spiro atoms. The Bertz CT molecular complexity index is 938. The van der Waals surface area contributed by atoms with Gasteiger partial charge in [0.2, 0.25) is 5.95 Å². The Labute approximate surface area is 151 Å². The Morgan fingerprint density at radius 1 is 1.15 bits per heavy atom. The van der Waals surface area contributed by atoms with Crippen molar-refractivity contribution in [3.05, 3.63) is 54.7 Å². The molecule has 0 aliphatic carbocycles. The molecule has 4 rings (SSSR count). The first-order chi connectivity index (χ1) is 12.7. The number of fused-ring (bicyclic) bond motifs is 1. The lowest BCUT2D eigenvalue weighted by Crippen LogP contribution is -2.48. The van der Waals surface area contributed by atoms with Crippen molar-refractivity contribution in [3.63, 3.8) is 0 Å². The van der Waals surface area contributed by atoms with Crippen LogP contribution in [0, 0.1) is 5.92 Å². The first kappa shape index (κ1) is 16.3. The number of carbonyl (C=O) groups is 1. The average Bonchev–Trinajstić information content (AvgIpc) is 2.63. The Hall–Kier alpha value is -3.15. The lowest BCUT2D eigenvalue weighted by atomic mass is 9.97.